The summed E-state index contributed by atoms with van der Waals surface area (Å²) in [6, 6.07) is 22.5. The van der Waals surface area contributed by atoms with Crippen LogP contribution in [0.4, 0.5) is 4.39 Å². The van der Waals surface area contributed by atoms with Crippen molar-refractivity contribution in [2.75, 3.05) is 26.2 Å². The first-order valence-corrected chi connectivity index (χ1v) is 17.1. The van der Waals surface area contributed by atoms with E-state index in [1.165, 1.54) is 18.3 Å². The van der Waals surface area contributed by atoms with E-state index in [0.29, 0.717) is 59.9 Å². The molecule has 0 saturated heterocycles. The number of benzene rings is 2. The van der Waals surface area contributed by atoms with E-state index in [9.17, 15) is 23.6 Å². The molecular formula is C39H36FN7O7. The molecule has 4 aromatic heterocycles. The Morgan fingerprint density at radius 3 is 1.69 bits per heavy atom. The van der Waals surface area contributed by atoms with E-state index in [4.69, 9.17) is 13.5 Å². The van der Waals surface area contributed by atoms with Gasteiger partial charge in [-0.25, -0.2) is 4.98 Å². The minimum Gasteiger partial charge on any atom is -0.456 e. The van der Waals surface area contributed by atoms with Gasteiger partial charge in [-0.2, -0.15) is 4.39 Å². The number of hydrogen-bond acceptors (Lipinski definition) is 10. The Morgan fingerprint density at radius 2 is 1.13 bits per heavy atom. The van der Waals surface area contributed by atoms with Crippen LogP contribution in [-0.4, -0.2) is 65.1 Å². The van der Waals surface area contributed by atoms with Gasteiger partial charge in [0, 0.05) is 66.8 Å². The Bertz CT molecular complexity index is 2260. The second-order valence-electron chi connectivity index (χ2n) is 12.3. The quantitative estimate of drug-likeness (QED) is 0.0773. The molecule has 276 valence electrons. The number of carbonyl (C=O) groups excluding carboxylic acids is 4. The standard InChI is InChI=1S/C39H36FN7O7/c1-23-18-24(2)52-34(23)39(51)44-17-7-16-43-38(50)31-21-33(54-47-31)27-12-10-25(11-13-27)28-19-29(35(40)45-22-28)36(48)41-14-6-15-42-37(49)30-20-32(53-46-30)26-8-4-3-5-9-26/h3-5,8-13,18-22H,6-7,14-17H2,1-2H3,(H,41,48)(H,42,49)(H,43,50)(H,44,51). The number of hydrogen-bond donors (Lipinski definition) is 4. The molecule has 0 aliphatic carbocycles. The summed E-state index contributed by atoms with van der Waals surface area (Å²) in [5.74, 6) is -0.963. The molecule has 0 unspecified atom stereocenters. The van der Waals surface area contributed by atoms with Crippen LogP contribution in [0.3, 0.4) is 0 Å². The van der Waals surface area contributed by atoms with Crippen molar-refractivity contribution in [3.05, 3.63) is 125 Å². The third-order valence-electron chi connectivity index (χ3n) is 8.23. The molecule has 14 nitrogen and oxygen atoms in total. The minimum absolute atomic E-state index is 0.0907. The molecule has 0 spiro atoms. The van der Waals surface area contributed by atoms with Crippen LogP contribution < -0.4 is 21.3 Å². The number of aromatic nitrogens is 3. The van der Waals surface area contributed by atoms with Crippen LogP contribution in [0.1, 0.15) is 66.1 Å². The number of amides is 4. The summed E-state index contributed by atoms with van der Waals surface area (Å²) in [7, 11) is 0. The van der Waals surface area contributed by atoms with Crippen LogP contribution in [0.2, 0.25) is 0 Å². The maximum absolute atomic E-state index is 14.6. The van der Waals surface area contributed by atoms with Gasteiger partial charge in [-0.3, -0.25) is 19.2 Å². The number of furan rings is 1. The molecule has 0 aliphatic rings. The van der Waals surface area contributed by atoms with E-state index in [1.807, 2.05) is 30.3 Å². The van der Waals surface area contributed by atoms with Crippen molar-refractivity contribution >= 4 is 23.6 Å². The SMILES string of the molecule is Cc1cc(C)c(C(=O)NCCCNC(=O)c2cc(-c3ccc(-c4cnc(F)c(C(=O)NCCCNC(=O)c5cc(-c6ccccc6)on5)c4)cc3)on2)o1. The van der Waals surface area contributed by atoms with E-state index < -0.39 is 23.7 Å². The number of pyridine rings is 1. The zero-order chi connectivity index (χ0) is 38.0. The zero-order valence-electron chi connectivity index (χ0n) is 29.4. The Labute approximate surface area is 308 Å². The average Bonchev–Trinajstić information content (AvgIpc) is 3.95. The molecular weight excluding hydrogens is 697 g/mol. The molecule has 0 saturated carbocycles. The fraction of sp³-hybridized carbons (Fsp3) is 0.205. The maximum Gasteiger partial charge on any atom is 0.287 e. The van der Waals surface area contributed by atoms with Crippen molar-refractivity contribution in [3.63, 3.8) is 0 Å². The van der Waals surface area contributed by atoms with E-state index in [1.54, 1.807) is 50.2 Å². The Hall–Kier alpha value is -6.90. The fourth-order valence-electron chi connectivity index (χ4n) is 5.44. The van der Waals surface area contributed by atoms with Gasteiger partial charge in [0.2, 0.25) is 5.95 Å². The lowest BCUT2D eigenvalue weighted by atomic mass is 10.0. The van der Waals surface area contributed by atoms with Gasteiger partial charge in [-0.15, -0.1) is 0 Å². The van der Waals surface area contributed by atoms with Gasteiger partial charge in [0.15, 0.2) is 28.7 Å². The molecule has 0 fully saturated rings. The molecule has 4 heterocycles. The van der Waals surface area contributed by atoms with Crippen LogP contribution in [-0.2, 0) is 0 Å². The largest absolute Gasteiger partial charge is 0.456 e. The second kappa shape index (κ2) is 17.1. The van der Waals surface area contributed by atoms with Gasteiger partial charge in [0.05, 0.1) is 5.56 Å². The fourth-order valence-corrected chi connectivity index (χ4v) is 5.44. The number of nitrogens with zero attached hydrogens (tertiary/aromatic N) is 3. The highest BCUT2D eigenvalue weighted by atomic mass is 19.1. The molecule has 6 rings (SSSR count). The molecule has 4 amide bonds. The summed E-state index contributed by atoms with van der Waals surface area (Å²) in [6.45, 7) is 4.63. The van der Waals surface area contributed by atoms with Gasteiger partial charge >= 0.3 is 0 Å². The van der Waals surface area contributed by atoms with Gasteiger partial charge in [-0.05, 0) is 44.4 Å². The van der Waals surface area contributed by atoms with Crippen LogP contribution in [0.5, 0.6) is 0 Å². The molecule has 2 aromatic carbocycles. The minimum atomic E-state index is -0.919. The van der Waals surface area contributed by atoms with Gasteiger partial charge < -0.3 is 34.7 Å². The smallest absolute Gasteiger partial charge is 0.287 e. The topological polar surface area (TPSA) is 194 Å². The lowest BCUT2D eigenvalue weighted by Gasteiger charge is -2.09. The predicted molar refractivity (Wildman–Crippen MR) is 194 cm³/mol. The third kappa shape index (κ3) is 9.11. The van der Waals surface area contributed by atoms with Crippen LogP contribution >= 0.6 is 0 Å². The summed E-state index contributed by atoms with van der Waals surface area (Å²) in [6.07, 6.45) is 2.20. The Balaban J connectivity index is 0.943. The van der Waals surface area contributed by atoms with Gasteiger partial charge in [-0.1, -0.05) is 64.9 Å². The van der Waals surface area contributed by atoms with Gasteiger partial charge in [0.1, 0.15) is 5.76 Å². The van der Waals surface area contributed by atoms with E-state index in [2.05, 4.69) is 36.6 Å². The van der Waals surface area contributed by atoms with Crippen LogP contribution in [0.25, 0.3) is 33.8 Å². The van der Waals surface area contributed by atoms with E-state index in [-0.39, 0.29) is 41.7 Å². The molecule has 0 radical (unpaired) electrons. The van der Waals surface area contributed by atoms with Crippen molar-refractivity contribution < 1.29 is 37.0 Å². The molecule has 0 atom stereocenters. The van der Waals surface area contributed by atoms with Crippen LogP contribution in [0.15, 0.2) is 98.5 Å². The summed E-state index contributed by atoms with van der Waals surface area (Å²) < 4.78 is 30.7. The normalized spacial score (nSPS) is 10.9. The number of halogens is 1. The lowest BCUT2D eigenvalue weighted by Crippen LogP contribution is -2.30. The first-order chi connectivity index (χ1) is 26.2. The van der Waals surface area contributed by atoms with Crippen molar-refractivity contribution in [3.8, 4) is 33.8 Å². The highest BCUT2D eigenvalue weighted by molar-refractivity contribution is 5.96. The summed E-state index contributed by atoms with van der Waals surface area (Å²) in [5.41, 5.74) is 3.35. The van der Waals surface area contributed by atoms with Crippen molar-refractivity contribution in [1.82, 2.24) is 36.6 Å². The molecule has 4 N–H and O–H groups in total. The van der Waals surface area contributed by atoms with Crippen molar-refractivity contribution in [1.29, 1.82) is 0 Å². The van der Waals surface area contributed by atoms with E-state index >= 15 is 0 Å². The monoisotopic (exact) mass is 733 g/mol. The van der Waals surface area contributed by atoms with E-state index in [0.717, 1.165) is 11.1 Å². The lowest BCUT2D eigenvalue weighted by molar-refractivity contribution is 0.0917. The first kappa shape index (κ1) is 36.9. The number of carbonyl (C=O) groups is 4. The summed E-state index contributed by atoms with van der Waals surface area (Å²) in [4.78, 5) is 53.9. The second-order valence-corrected chi connectivity index (χ2v) is 12.3. The van der Waals surface area contributed by atoms with Crippen molar-refractivity contribution in [2.45, 2.75) is 26.7 Å². The molecule has 0 aliphatic heterocycles. The summed E-state index contributed by atoms with van der Waals surface area (Å²) in [5, 5.41) is 18.6. The first-order valence-electron chi connectivity index (χ1n) is 17.1. The third-order valence-corrected chi connectivity index (χ3v) is 8.23. The number of nitrogens with one attached hydrogen (secondary N) is 4. The van der Waals surface area contributed by atoms with Crippen molar-refractivity contribution in [2.24, 2.45) is 0 Å². The van der Waals surface area contributed by atoms with Crippen LogP contribution in [0, 0.1) is 19.8 Å². The highest BCUT2D eigenvalue weighted by Crippen LogP contribution is 2.26. The maximum atomic E-state index is 14.6. The predicted octanol–water partition coefficient (Wildman–Crippen LogP) is 5.51. The molecule has 0 bridgehead atoms. The average molecular weight is 734 g/mol. The Kier molecular flexibility index (Phi) is 11.7. The molecule has 15 heteroatoms. The molecule has 6 aromatic rings. The zero-order valence-corrected chi connectivity index (χ0v) is 29.4. The number of aryl methyl sites for hydroxylation is 2. The van der Waals surface area contributed by atoms with Gasteiger partial charge in [0.25, 0.3) is 23.6 Å². The number of rotatable bonds is 15. The molecule has 54 heavy (non-hydrogen) atoms. The Morgan fingerprint density at radius 1 is 0.611 bits per heavy atom. The summed E-state index contributed by atoms with van der Waals surface area (Å²) >= 11 is 0. The highest BCUT2D eigenvalue weighted by Gasteiger charge is 2.18.